The molecule has 2 rings (SSSR count). The van der Waals surface area contributed by atoms with Gasteiger partial charge in [0.25, 0.3) is 0 Å². The second-order valence-corrected chi connectivity index (χ2v) is 6.07. The van der Waals surface area contributed by atoms with Crippen molar-refractivity contribution in [3.05, 3.63) is 29.8 Å². The zero-order valence-corrected chi connectivity index (χ0v) is 10.7. The van der Waals surface area contributed by atoms with Crippen LogP contribution in [-0.2, 0) is 16.5 Å². The van der Waals surface area contributed by atoms with Crippen LogP contribution in [0.2, 0.25) is 0 Å². The third-order valence-corrected chi connectivity index (χ3v) is 3.35. The summed E-state index contributed by atoms with van der Waals surface area (Å²) in [6, 6.07) is 7.27. The van der Waals surface area contributed by atoms with Crippen LogP contribution >= 0.6 is 0 Å². The van der Waals surface area contributed by atoms with Gasteiger partial charge in [-0.1, -0.05) is 12.1 Å². The molecule has 1 N–H and O–H groups in total. The van der Waals surface area contributed by atoms with Crippen molar-refractivity contribution in [2.75, 3.05) is 19.3 Å². The minimum atomic E-state index is -3.42. The van der Waals surface area contributed by atoms with Gasteiger partial charge in [-0.2, -0.15) is 8.42 Å². The Morgan fingerprint density at radius 1 is 1.35 bits per heavy atom. The van der Waals surface area contributed by atoms with Crippen LogP contribution in [0.1, 0.15) is 12.0 Å². The van der Waals surface area contributed by atoms with E-state index < -0.39 is 10.1 Å². The summed E-state index contributed by atoms with van der Waals surface area (Å²) in [6.45, 7) is 2.17. The lowest BCUT2D eigenvalue weighted by Crippen LogP contribution is -2.10. The molecule has 1 fully saturated rings. The van der Waals surface area contributed by atoms with Crippen LogP contribution in [0.15, 0.2) is 24.3 Å². The summed E-state index contributed by atoms with van der Waals surface area (Å²) in [5, 5.41) is 3.33. The van der Waals surface area contributed by atoms with Crippen molar-refractivity contribution in [1.29, 1.82) is 0 Å². The van der Waals surface area contributed by atoms with Crippen molar-refractivity contribution in [2.45, 2.75) is 12.8 Å². The van der Waals surface area contributed by atoms with E-state index in [0.29, 0.717) is 11.7 Å². The number of hydrogen-bond acceptors (Lipinski definition) is 4. The van der Waals surface area contributed by atoms with Crippen LogP contribution in [0.25, 0.3) is 0 Å². The van der Waals surface area contributed by atoms with Crippen molar-refractivity contribution in [3.63, 3.8) is 0 Å². The molecule has 1 atom stereocenters. The van der Waals surface area contributed by atoms with Gasteiger partial charge in [0.2, 0.25) is 0 Å². The van der Waals surface area contributed by atoms with E-state index in [0.717, 1.165) is 25.8 Å². The highest BCUT2D eigenvalue weighted by molar-refractivity contribution is 7.86. The highest BCUT2D eigenvalue weighted by Gasteiger charge is 2.14. The van der Waals surface area contributed by atoms with E-state index >= 15 is 0 Å². The largest absolute Gasteiger partial charge is 0.383 e. The molecule has 0 spiro atoms. The molecule has 0 saturated carbocycles. The molecule has 1 saturated heterocycles. The van der Waals surface area contributed by atoms with E-state index in [1.807, 2.05) is 12.1 Å². The lowest BCUT2D eigenvalue weighted by atomic mass is 9.99. The molecule has 0 aromatic heterocycles. The number of rotatable bonds is 4. The molecular weight excluding hydrogens is 238 g/mol. The fourth-order valence-electron chi connectivity index (χ4n) is 2.08. The summed E-state index contributed by atoms with van der Waals surface area (Å²) in [7, 11) is -3.42. The Kier molecular flexibility index (Phi) is 3.69. The molecule has 0 amide bonds. The van der Waals surface area contributed by atoms with Gasteiger partial charge in [-0.3, -0.25) is 0 Å². The Morgan fingerprint density at radius 2 is 2.06 bits per heavy atom. The molecular formula is C12H17NO3S. The topological polar surface area (TPSA) is 55.4 Å². The highest BCUT2D eigenvalue weighted by Crippen LogP contribution is 2.18. The first-order valence-electron chi connectivity index (χ1n) is 5.72. The van der Waals surface area contributed by atoms with E-state index in [-0.39, 0.29) is 0 Å². The van der Waals surface area contributed by atoms with Gasteiger partial charge in [0.05, 0.1) is 6.26 Å². The van der Waals surface area contributed by atoms with Crippen LogP contribution < -0.4 is 9.50 Å². The minimum absolute atomic E-state index is 0.376. The molecule has 0 unspecified atom stereocenters. The molecule has 1 aromatic carbocycles. The fourth-order valence-corrected chi connectivity index (χ4v) is 2.54. The average molecular weight is 255 g/mol. The second-order valence-electron chi connectivity index (χ2n) is 4.49. The first-order chi connectivity index (χ1) is 8.03. The van der Waals surface area contributed by atoms with Crippen molar-refractivity contribution >= 4 is 10.1 Å². The summed E-state index contributed by atoms with van der Waals surface area (Å²) >= 11 is 0. The zero-order valence-electron chi connectivity index (χ0n) is 9.85. The molecule has 94 valence electrons. The Morgan fingerprint density at radius 3 is 2.59 bits per heavy atom. The normalized spacial score (nSPS) is 20.4. The highest BCUT2D eigenvalue weighted by atomic mass is 32.2. The van der Waals surface area contributed by atoms with Gasteiger partial charge in [-0.05, 0) is 49.5 Å². The predicted octanol–water partition coefficient (Wildman–Crippen LogP) is 1.18. The molecule has 1 aliphatic heterocycles. The van der Waals surface area contributed by atoms with E-state index in [2.05, 4.69) is 5.32 Å². The van der Waals surface area contributed by atoms with Gasteiger partial charge in [-0.15, -0.1) is 0 Å². The standard InChI is InChI=1S/C12H17NO3S/c1-17(14,15)16-12-4-2-10(3-5-12)8-11-6-7-13-9-11/h2-5,11,13H,6-9H2,1H3/t11-/m1/s1. The predicted molar refractivity (Wildman–Crippen MR) is 66.6 cm³/mol. The third-order valence-electron chi connectivity index (χ3n) is 2.86. The maximum atomic E-state index is 10.9. The Labute approximate surface area is 102 Å². The van der Waals surface area contributed by atoms with E-state index in [4.69, 9.17) is 4.18 Å². The van der Waals surface area contributed by atoms with E-state index in [9.17, 15) is 8.42 Å². The van der Waals surface area contributed by atoms with Crippen LogP contribution in [0.5, 0.6) is 5.75 Å². The fraction of sp³-hybridized carbons (Fsp3) is 0.500. The van der Waals surface area contributed by atoms with Crippen LogP contribution in [0.4, 0.5) is 0 Å². The zero-order chi connectivity index (χ0) is 12.3. The summed E-state index contributed by atoms with van der Waals surface area (Å²) in [6.07, 6.45) is 3.29. The molecule has 4 nitrogen and oxygen atoms in total. The molecule has 17 heavy (non-hydrogen) atoms. The summed E-state index contributed by atoms with van der Waals surface area (Å²) in [5.74, 6) is 1.07. The molecule has 0 radical (unpaired) electrons. The Balaban J connectivity index is 1.97. The van der Waals surface area contributed by atoms with Gasteiger partial charge in [0.1, 0.15) is 5.75 Å². The van der Waals surface area contributed by atoms with Gasteiger partial charge >= 0.3 is 10.1 Å². The maximum Gasteiger partial charge on any atom is 0.306 e. The van der Waals surface area contributed by atoms with Gasteiger partial charge in [-0.25, -0.2) is 0 Å². The lowest BCUT2D eigenvalue weighted by molar-refractivity contribution is 0.492. The molecule has 0 bridgehead atoms. The maximum absolute atomic E-state index is 10.9. The molecule has 0 aliphatic carbocycles. The van der Waals surface area contributed by atoms with Gasteiger partial charge < -0.3 is 9.50 Å². The lowest BCUT2D eigenvalue weighted by Gasteiger charge is -2.09. The van der Waals surface area contributed by atoms with E-state index in [1.54, 1.807) is 12.1 Å². The van der Waals surface area contributed by atoms with Crippen molar-refractivity contribution in [3.8, 4) is 5.75 Å². The van der Waals surface area contributed by atoms with Gasteiger partial charge in [0, 0.05) is 0 Å². The average Bonchev–Trinajstić information content (AvgIpc) is 2.71. The first-order valence-corrected chi connectivity index (χ1v) is 7.54. The second kappa shape index (κ2) is 5.06. The van der Waals surface area contributed by atoms with Crippen LogP contribution in [0, 0.1) is 5.92 Å². The number of hydrogen-bond donors (Lipinski definition) is 1. The Hall–Kier alpha value is -1.07. The van der Waals surface area contributed by atoms with Crippen LogP contribution in [-0.4, -0.2) is 27.8 Å². The first kappa shape index (κ1) is 12.4. The molecule has 5 heteroatoms. The van der Waals surface area contributed by atoms with Crippen molar-refractivity contribution in [2.24, 2.45) is 5.92 Å². The number of nitrogens with one attached hydrogen (secondary N) is 1. The molecule has 1 heterocycles. The van der Waals surface area contributed by atoms with Crippen molar-refractivity contribution < 1.29 is 12.6 Å². The SMILES string of the molecule is CS(=O)(=O)Oc1ccc(C[C@H]2CCNC2)cc1. The smallest absolute Gasteiger partial charge is 0.306 e. The monoisotopic (exact) mass is 255 g/mol. The summed E-state index contributed by atoms with van der Waals surface area (Å²) < 4.78 is 26.7. The minimum Gasteiger partial charge on any atom is -0.383 e. The molecule has 1 aromatic rings. The van der Waals surface area contributed by atoms with Crippen molar-refractivity contribution in [1.82, 2.24) is 5.32 Å². The summed E-state index contributed by atoms with van der Waals surface area (Å²) in [4.78, 5) is 0. The van der Waals surface area contributed by atoms with Gasteiger partial charge in [0.15, 0.2) is 0 Å². The quantitative estimate of drug-likeness (QED) is 0.821. The third kappa shape index (κ3) is 4.02. The molecule has 1 aliphatic rings. The number of benzene rings is 1. The van der Waals surface area contributed by atoms with Crippen LogP contribution in [0.3, 0.4) is 0 Å². The van der Waals surface area contributed by atoms with E-state index in [1.165, 1.54) is 12.0 Å². The summed E-state index contributed by atoms with van der Waals surface area (Å²) in [5.41, 5.74) is 1.22. The Bertz CT molecular complexity index is 461.